The number of rotatable bonds is 10. The standard InChI is InChI=1S/C42H68N2O7/c1-11-44(12-2)29-16-20-43(22-29)23-34(46)51-36-32(50-28(6)45)21-42-25-49-24-39(36,8)33(42)14-13-30-31(42)15-17-41(10)35(37(47)48)38(7,27(5)26(3)4)18-19-40(30,41)9/h15,26-27,29-30,32-33,35-36H,11-14,16-25H2,1-10H3,(H,47,48)/t27-,29?,30+,32-,33+,35-,36+,38-,39-,40-,41+,42+/m1/s1. The molecule has 2 bridgehead atoms. The van der Waals surface area contributed by atoms with Crippen LogP contribution >= 0.6 is 0 Å². The summed E-state index contributed by atoms with van der Waals surface area (Å²) in [5.41, 5.74) is -0.423. The smallest absolute Gasteiger partial charge is 0.320 e. The predicted molar refractivity (Wildman–Crippen MR) is 197 cm³/mol. The minimum atomic E-state index is -0.662. The lowest BCUT2D eigenvalue weighted by atomic mass is 9.34. The van der Waals surface area contributed by atoms with Crippen LogP contribution in [-0.2, 0) is 28.6 Å². The van der Waals surface area contributed by atoms with E-state index in [1.807, 2.05) is 0 Å². The van der Waals surface area contributed by atoms with Gasteiger partial charge in [-0.05, 0) is 98.0 Å². The normalized spacial score (nSPS) is 44.2. The molecule has 0 radical (unpaired) electrons. The Morgan fingerprint density at radius 3 is 2.33 bits per heavy atom. The molecule has 0 amide bonds. The van der Waals surface area contributed by atoms with Crippen LogP contribution in [-0.4, -0.2) is 97.0 Å². The topological polar surface area (TPSA) is 106 Å². The average molecular weight is 713 g/mol. The molecule has 2 aliphatic heterocycles. The summed E-state index contributed by atoms with van der Waals surface area (Å²) in [6.45, 7) is 26.6. The third-order valence-corrected chi connectivity index (χ3v) is 16.6. The van der Waals surface area contributed by atoms with Crippen LogP contribution < -0.4 is 0 Å². The van der Waals surface area contributed by atoms with Gasteiger partial charge < -0.3 is 19.3 Å². The lowest BCUT2D eigenvalue weighted by Crippen LogP contribution is -2.70. The number of hydrogen-bond acceptors (Lipinski definition) is 8. The highest BCUT2D eigenvalue weighted by Crippen LogP contribution is 2.75. The second-order valence-corrected chi connectivity index (χ2v) is 19.0. The fourth-order valence-electron chi connectivity index (χ4n) is 13.5. The van der Waals surface area contributed by atoms with E-state index in [9.17, 15) is 19.5 Å². The number of ether oxygens (including phenoxy) is 3. The second-order valence-electron chi connectivity index (χ2n) is 19.0. The summed E-state index contributed by atoms with van der Waals surface area (Å²) in [5.74, 6) is -0.648. The third-order valence-electron chi connectivity index (χ3n) is 16.6. The van der Waals surface area contributed by atoms with Crippen molar-refractivity contribution in [3.8, 4) is 0 Å². The van der Waals surface area contributed by atoms with E-state index in [1.165, 1.54) is 12.5 Å². The molecule has 1 N–H and O–H groups in total. The lowest BCUT2D eigenvalue weighted by Gasteiger charge is -2.71. The van der Waals surface area contributed by atoms with Crippen LogP contribution in [0.5, 0.6) is 0 Å². The molecule has 9 nitrogen and oxygen atoms in total. The Bertz CT molecular complexity index is 1390. The van der Waals surface area contributed by atoms with E-state index in [2.05, 4.69) is 78.2 Å². The first-order chi connectivity index (χ1) is 23.9. The van der Waals surface area contributed by atoms with E-state index in [0.29, 0.717) is 38.0 Å². The maximum Gasteiger partial charge on any atom is 0.320 e. The summed E-state index contributed by atoms with van der Waals surface area (Å²) in [6.07, 6.45) is 7.34. The van der Waals surface area contributed by atoms with Gasteiger partial charge in [0.25, 0.3) is 0 Å². The van der Waals surface area contributed by atoms with Gasteiger partial charge in [-0.2, -0.15) is 0 Å². The third kappa shape index (κ3) is 5.93. The second kappa shape index (κ2) is 13.7. The fraction of sp³-hybridized carbons (Fsp3) is 0.881. The van der Waals surface area contributed by atoms with Crippen LogP contribution in [0.25, 0.3) is 0 Å². The molecule has 3 saturated carbocycles. The van der Waals surface area contributed by atoms with E-state index in [-0.39, 0.29) is 52.5 Å². The number of likely N-dealkylation sites (tertiary alicyclic amines) is 1. The molecule has 4 aliphatic carbocycles. The van der Waals surface area contributed by atoms with E-state index in [1.54, 1.807) is 0 Å². The Morgan fingerprint density at radius 2 is 1.71 bits per heavy atom. The molecule has 288 valence electrons. The van der Waals surface area contributed by atoms with Gasteiger partial charge in [0.05, 0.1) is 25.7 Å². The van der Waals surface area contributed by atoms with Crippen molar-refractivity contribution in [2.45, 2.75) is 132 Å². The van der Waals surface area contributed by atoms with Crippen molar-refractivity contribution in [3.05, 3.63) is 11.6 Å². The molecule has 1 unspecified atom stereocenters. The molecule has 0 aromatic rings. The van der Waals surface area contributed by atoms with Crippen molar-refractivity contribution in [1.82, 2.24) is 9.80 Å². The molecule has 6 aliphatic rings. The maximum atomic E-state index is 13.7. The van der Waals surface area contributed by atoms with Gasteiger partial charge in [-0.25, -0.2) is 0 Å². The number of carboxylic acid groups (broad SMARTS) is 1. The summed E-state index contributed by atoms with van der Waals surface area (Å²) >= 11 is 0. The van der Waals surface area contributed by atoms with Crippen molar-refractivity contribution < 1.29 is 33.7 Å². The van der Waals surface area contributed by atoms with E-state index >= 15 is 0 Å². The van der Waals surface area contributed by atoms with Crippen LogP contribution in [0.1, 0.15) is 114 Å². The van der Waals surface area contributed by atoms with E-state index in [4.69, 9.17) is 14.2 Å². The molecule has 0 spiro atoms. The zero-order valence-corrected chi connectivity index (χ0v) is 33.4. The van der Waals surface area contributed by atoms with Gasteiger partial charge >= 0.3 is 17.9 Å². The van der Waals surface area contributed by atoms with Crippen LogP contribution in [0.2, 0.25) is 0 Å². The van der Waals surface area contributed by atoms with E-state index < -0.39 is 34.9 Å². The van der Waals surface area contributed by atoms with Crippen LogP contribution in [0.15, 0.2) is 11.6 Å². The van der Waals surface area contributed by atoms with Crippen molar-refractivity contribution in [1.29, 1.82) is 0 Å². The fourth-order valence-corrected chi connectivity index (χ4v) is 13.5. The van der Waals surface area contributed by atoms with Crippen molar-refractivity contribution in [2.24, 2.45) is 56.7 Å². The molecule has 2 heterocycles. The van der Waals surface area contributed by atoms with Gasteiger partial charge in [0.2, 0.25) is 0 Å². The van der Waals surface area contributed by atoms with Gasteiger partial charge in [0.1, 0.15) is 12.2 Å². The molecular formula is C42H68N2O7. The Hall–Kier alpha value is -1.97. The van der Waals surface area contributed by atoms with Gasteiger partial charge in [-0.3, -0.25) is 24.2 Å². The first-order valence-corrected chi connectivity index (χ1v) is 20.3. The summed E-state index contributed by atoms with van der Waals surface area (Å²) in [6, 6.07) is 0.450. The molecule has 5 fully saturated rings. The minimum Gasteiger partial charge on any atom is -0.481 e. The Labute approximate surface area is 307 Å². The minimum absolute atomic E-state index is 0.197. The number of carbonyl (C=O) groups excluding carboxylic acids is 2. The zero-order valence-electron chi connectivity index (χ0n) is 33.4. The first kappa shape index (κ1) is 38.7. The molecular weight excluding hydrogens is 644 g/mol. The van der Waals surface area contributed by atoms with Gasteiger partial charge in [0, 0.05) is 36.9 Å². The lowest BCUT2D eigenvalue weighted by molar-refractivity contribution is -0.263. The largest absolute Gasteiger partial charge is 0.481 e. The molecule has 2 saturated heterocycles. The zero-order chi connectivity index (χ0) is 37.3. The summed E-state index contributed by atoms with van der Waals surface area (Å²) in [5, 5.41) is 11.0. The highest BCUT2D eigenvalue weighted by atomic mass is 16.6. The Morgan fingerprint density at radius 1 is 1.00 bits per heavy atom. The number of hydrogen-bond donors (Lipinski definition) is 1. The Kier molecular flexibility index (Phi) is 10.4. The van der Waals surface area contributed by atoms with Crippen LogP contribution in [0.4, 0.5) is 0 Å². The first-order valence-electron chi connectivity index (χ1n) is 20.3. The summed E-state index contributed by atoms with van der Waals surface area (Å²) < 4.78 is 19.2. The highest BCUT2D eigenvalue weighted by molar-refractivity contribution is 5.73. The van der Waals surface area contributed by atoms with Crippen molar-refractivity contribution in [2.75, 3.05) is 45.9 Å². The molecule has 0 aromatic heterocycles. The molecule has 51 heavy (non-hydrogen) atoms. The molecule has 6 rings (SSSR count). The Balaban J connectivity index is 1.31. The maximum absolute atomic E-state index is 13.7. The number of carbonyl (C=O) groups is 3. The van der Waals surface area contributed by atoms with Gasteiger partial charge in [0.15, 0.2) is 0 Å². The van der Waals surface area contributed by atoms with Crippen molar-refractivity contribution >= 4 is 17.9 Å². The number of allylic oxidation sites excluding steroid dienone is 1. The van der Waals surface area contributed by atoms with Crippen LogP contribution in [0, 0.1) is 56.7 Å². The highest BCUT2D eigenvalue weighted by Gasteiger charge is 2.72. The van der Waals surface area contributed by atoms with Crippen molar-refractivity contribution in [3.63, 3.8) is 0 Å². The quantitative estimate of drug-likeness (QED) is 0.193. The van der Waals surface area contributed by atoms with Gasteiger partial charge in [-0.1, -0.05) is 74.0 Å². The number of fused-ring (bicyclic) bond motifs is 3. The number of esters is 2. The average Bonchev–Trinajstić information content (AvgIpc) is 3.51. The monoisotopic (exact) mass is 713 g/mol. The van der Waals surface area contributed by atoms with Crippen LogP contribution in [0.3, 0.4) is 0 Å². The number of nitrogens with zero attached hydrogens (tertiary/aromatic N) is 2. The molecule has 9 heteroatoms. The predicted octanol–water partition coefficient (Wildman–Crippen LogP) is 6.83. The van der Waals surface area contributed by atoms with Gasteiger partial charge in [-0.15, -0.1) is 0 Å². The summed E-state index contributed by atoms with van der Waals surface area (Å²) in [4.78, 5) is 44.5. The SMILES string of the molecule is CCN(CC)C1CCN(CC(=O)O[C@H]2[C@H](OC(C)=O)C[C@@]34COC[C@]2(C)[C@@H]3CC[C@H]2C4=CC[C@@]3(C)[C@H](C(=O)O)[C@@](C)([C@H](C)C(C)C)CC[C@]23C)C1. The molecule has 12 atom stereocenters. The number of carboxylic acids is 1. The molecule has 0 aromatic carbocycles. The number of aliphatic carboxylic acids is 1. The number of likely N-dealkylation sites (N-methyl/N-ethyl adjacent to an activating group) is 1. The van der Waals surface area contributed by atoms with E-state index in [0.717, 1.165) is 58.3 Å². The summed E-state index contributed by atoms with van der Waals surface area (Å²) in [7, 11) is 0.